The standard InChI is InChI=1S/C18H24N4O2S/c1-4-22-16(13-9-10-13)20-21-18(22)25-12(2)17(23)19-11-14-7-5-6-8-15(14)24-3/h5-8,12-13H,4,9-11H2,1-3H3,(H,19,23)/t12-/m1/s1. The summed E-state index contributed by atoms with van der Waals surface area (Å²) in [5.41, 5.74) is 0.961. The molecule has 3 rings (SSSR count). The molecule has 6 nitrogen and oxygen atoms in total. The van der Waals surface area contributed by atoms with Gasteiger partial charge in [0.2, 0.25) is 5.91 Å². The molecule has 1 heterocycles. The molecule has 0 radical (unpaired) electrons. The van der Waals surface area contributed by atoms with Gasteiger partial charge in [0.1, 0.15) is 11.6 Å². The van der Waals surface area contributed by atoms with Gasteiger partial charge < -0.3 is 14.6 Å². The number of nitrogens with one attached hydrogen (secondary N) is 1. The van der Waals surface area contributed by atoms with Gasteiger partial charge in [0.25, 0.3) is 0 Å². The number of benzene rings is 1. The number of rotatable bonds is 8. The Kier molecular flexibility index (Phi) is 5.63. The summed E-state index contributed by atoms with van der Waals surface area (Å²) in [4.78, 5) is 12.4. The Balaban J connectivity index is 1.59. The number of aromatic nitrogens is 3. The van der Waals surface area contributed by atoms with Gasteiger partial charge in [-0.1, -0.05) is 30.0 Å². The zero-order valence-electron chi connectivity index (χ0n) is 14.9. The average molecular weight is 360 g/mol. The minimum atomic E-state index is -0.240. The number of para-hydroxylation sites is 1. The number of ether oxygens (including phenoxy) is 1. The second-order valence-corrected chi connectivity index (χ2v) is 7.46. The lowest BCUT2D eigenvalue weighted by Crippen LogP contribution is -2.30. The molecule has 0 saturated heterocycles. The first kappa shape index (κ1) is 17.8. The van der Waals surface area contributed by atoms with E-state index in [1.807, 2.05) is 31.2 Å². The Morgan fingerprint density at radius 1 is 1.40 bits per heavy atom. The topological polar surface area (TPSA) is 69.0 Å². The third-order valence-electron chi connectivity index (χ3n) is 4.30. The maximum absolute atomic E-state index is 12.4. The van der Waals surface area contributed by atoms with Crippen molar-refractivity contribution in [1.82, 2.24) is 20.1 Å². The second kappa shape index (κ2) is 7.91. The van der Waals surface area contributed by atoms with E-state index < -0.39 is 0 Å². The highest BCUT2D eigenvalue weighted by atomic mass is 32.2. The molecule has 1 fully saturated rings. The van der Waals surface area contributed by atoms with E-state index >= 15 is 0 Å². The number of hydrogen-bond donors (Lipinski definition) is 1. The van der Waals surface area contributed by atoms with Crippen LogP contribution in [0.4, 0.5) is 0 Å². The molecule has 0 aliphatic heterocycles. The van der Waals surface area contributed by atoms with Crippen molar-refractivity contribution >= 4 is 17.7 Å². The second-order valence-electron chi connectivity index (χ2n) is 6.15. The molecule has 0 bridgehead atoms. The average Bonchev–Trinajstić information content (AvgIpc) is 3.40. The number of carbonyl (C=O) groups is 1. The van der Waals surface area contributed by atoms with Crippen LogP contribution in [0.3, 0.4) is 0 Å². The Hall–Kier alpha value is -2.02. The van der Waals surface area contributed by atoms with Crippen molar-refractivity contribution < 1.29 is 9.53 Å². The number of nitrogens with zero attached hydrogens (tertiary/aromatic N) is 3. The van der Waals surface area contributed by atoms with Crippen LogP contribution in [-0.2, 0) is 17.9 Å². The molecule has 25 heavy (non-hydrogen) atoms. The molecule has 1 aliphatic rings. The smallest absolute Gasteiger partial charge is 0.233 e. The summed E-state index contributed by atoms with van der Waals surface area (Å²) < 4.78 is 7.45. The molecule has 134 valence electrons. The minimum Gasteiger partial charge on any atom is -0.496 e. The van der Waals surface area contributed by atoms with Crippen LogP contribution in [0.1, 0.15) is 44.0 Å². The fraction of sp³-hybridized carbons (Fsp3) is 0.500. The van der Waals surface area contributed by atoms with E-state index in [-0.39, 0.29) is 11.2 Å². The third-order valence-corrected chi connectivity index (χ3v) is 5.38. The Labute approximate surface area is 152 Å². The van der Waals surface area contributed by atoms with Crippen LogP contribution in [0.2, 0.25) is 0 Å². The number of amides is 1. The highest BCUT2D eigenvalue weighted by molar-refractivity contribution is 8.00. The predicted molar refractivity (Wildman–Crippen MR) is 97.8 cm³/mol. The molecular formula is C18H24N4O2S. The molecule has 0 unspecified atom stereocenters. The molecule has 1 aromatic heterocycles. The van der Waals surface area contributed by atoms with Crippen LogP contribution in [0.5, 0.6) is 5.75 Å². The summed E-state index contributed by atoms with van der Waals surface area (Å²) in [6, 6.07) is 7.69. The maximum atomic E-state index is 12.4. The van der Waals surface area contributed by atoms with Crippen LogP contribution in [0.15, 0.2) is 29.4 Å². The van der Waals surface area contributed by atoms with Crippen LogP contribution in [-0.4, -0.2) is 33.0 Å². The van der Waals surface area contributed by atoms with Crippen LogP contribution >= 0.6 is 11.8 Å². The van der Waals surface area contributed by atoms with Crippen LogP contribution in [0, 0.1) is 0 Å². The lowest BCUT2D eigenvalue weighted by atomic mass is 10.2. The Bertz CT molecular complexity index is 742. The van der Waals surface area contributed by atoms with E-state index in [1.54, 1.807) is 7.11 Å². The summed E-state index contributed by atoms with van der Waals surface area (Å²) >= 11 is 1.46. The van der Waals surface area contributed by atoms with E-state index in [2.05, 4.69) is 27.0 Å². The van der Waals surface area contributed by atoms with Gasteiger partial charge in [0, 0.05) is 24.6 Å². The van der Waals surface area contributed by atoms with E-state index in [0.717, 1.165) is 28.8 Å². The van der Waals surface area contributed by atoms with Crippen molar-refractivity contribution in [3.63, 3.8) is 0 Å². The first-order valence-electron chi connectivity index (χ1n) is 8.63. The number of thioether (sulfide) groups is 1. The molecule has 1 N–H and O–H groups in total. The van der Waals surface area contributed by atoms with Gasteiger partial charge in [-0.3, -0.25) is 4.79 Å². The summed E-state index contributed by atoms with van der Waals surface area (Å²) in [7, 11) is 1.63. The third kappa shape index (κ3) is 4.15. The lowest BCUT2D eigenvalue weighted by Gasteiger charge is -2.14. The fourth-order valence-corrected chi connectivity index (χ4v) is 3.66. The normalized spacial score (nSPS) is 15.0. The van der Waals surface area contributed by atoms with E-state index in [0.29, 0.717) is 12.5 Å². The molecule has 7 heteroatoms. The number of carbonyl (C=O) groups excluding carboxylic acids is 1. The van der Waals surface area contributed by atoms with Gasteiger partial charge in [-0.2, -0.15) is 0 Å². The van der Waals surface area contributed by atoms with Crippen molar-refractivity contribution in [2.24, 2.45) is 0 Å². The SMILES string of the molecule is CCn1c(S[C@H](C)C(=O)NCc2ccccc2OC)nnc1C1CC1. The van der Waals surface area contributed by atoms with Gasteiger partial charge >= 0.3 is 0 Å². The largest absolute Gasteiger partial charge is 0.496 e. The first-order valence-corrected chi connectivity index (χ1v) is 9.51. The number of methoxy groups -OCH3 is 1. The van der Waals surface area contributed by atoms with Gasteiger partial charge in [-0.15, -0.1) is 10.2 Å². The van der Waals surface area contributed by atoms with Gasteiger partial charge in [-0.25, -0.2) is 0 Å². The van der Waals surface area contributed by atoms with E-state index in [1.165, 1.54) is 24.6 Å². The molecule has 1 aliphatic carbocycles. The highest BCUT2D eigenvalue weighted by Gasteiger charge is 2.30. The van der Waals surface area contributed by atoms with Crippen molar-refractivity contribution in [2.45, 2.75) is 56.1 Å². The van der Waals surface area contributed by atoms with Crippen molar-refractivity contribution in [1.29, 1.82) is 0 Å². The van der Waals surface area contributed by atoms with Gasteiger partial charge in [0.05, 0.1) is 12.4 Å². The zero-order chi connectivity index (χ0) is 17.8. The van der Waals surface area contributed by atoms with Crippen molar-refractivity contribution in [2.75, 3.05) is 7.11 Å². The van der Waals surface area contributed by atoms with Crippen molar-refractivity contribution in [3.05, 3.63) is 35.7 Å². The Morgan fingerprint density at radius 2 is 2.16 bits per heavy atom. The molecular weight excluding hydrogens is 336 g/mol. The number of hydrogen-bond acceptors (Lipinski definition) is 5. The molecule has 1 saturated carbocycles. The zero-order valence-corrected chi connectivity index (χ0v) is 15.7. The summed E-state index contributed by atoms with van der Waals surface area (Å²) in [5, 5.41) is 12.2. The summed E-state index contributed by atoms with van der Waals surface area (Å²) in [5.74, 6) is 2.38. The van der Waals surface area contributed by atoms with Crippen LogP contribution in [0.25, 0.3) is 0 Å². The Morgan fingerprint density at radius 3 is 2.84 bits per heavy atom. The molecule has 0 spiro atoms. The fourth-order valence-electron chi connectivity index (χ4n) is 2.71. The molecule has 2 aromatic rings. The molecule has 1 aromatic carbocycles. The maximum Gasteiger partial charge on any atom is 0.233 e. The van der Waals surface area contributed by atoms with Crippen LogP contribution < -0.4 is 10.1 Å². The van der Waals surface area contributed by atoms with Gasteiger partial charge in [-0.05, 0) is 32.8 Å². The predicted octanol–water partition coefficient (Wildman–Crippen LogP) is 2.98. The highest BCUT2D eigenvalue weighted by Crippen LogP contribution is 2.40. The minimum absolute atomic E-state index is 0.0190. The summed E-state index contributed by atoms with van der Waals surface area (Å²) in [6.45, 7) is 5.26. The first-order chi connectivity index (χ1) is 12.1. The quantitative estimate of drug-likeness (QED) is 0.733. The van der Waals surface area contributed by atoms with Crippen molar-refractivity contribution in [3.8, 4) is 5.75 Å². The summed E-state index contributed by atoms with van der Waals surface area (Å²) in [6.07, 6.45) is 2.38. The van der Waals surface area contributed by atoms with E-state index in [9.17, 15) is 4.79 Å². The lowest BCUT2D eigenvalue weighted by molar-refractivity contribution is -0.120. The van der Waals surface area contributed by atoms with Gasteiger partial charge in [0.15, 0.2) is 5.16 Å². The van der Waals surface area contributed by atoms with E-state index in [4.69, 9.17) is 4.74 Å². The molecule has 1 atom stereocenters. The molecule has 1 amide bonds. The monoisotopic (exact) mass is 360 g/mol.